The highest BCUT2D eigenvalue weighted by molar-refractivity contribution is 7.20. The standard InChI is InChI=1S/C22H20N2O2S/c1-24-18-9-5-4-8-16(18)17-10-19(27-21(17)24)20(25)23-13-22(26)11-14-6-2-3-7-15(14)12-22/h2-10,26H,11-13H2,1H3,(H,23,25). The Labute approximate surface area is 161 Å². The molecule has 0 atom stereocenters. The number of para-hydroxylation sites is 1. The number of fused-ring (bicyclic) bond motifs is 4. The monoisotopic (exact) mass is 376 g/mol. The van der Waals surface area contributed by atoms with Crippen molar-refractivity contribution in [1.29, 1.82) is 0 Å². The van der Waals surface area contributed by atoms with E-state index in [4.69, 9.17) is 0 Å². The minimum absolute atomic E-state index is 0.121. The zero-order valence-electron chi connectivity index (χ0n) is 15.0. The summed E-state index contributed by atoms with van der Waals surface area (Å²) in [5.41, 5.74) is 2.61. The van der Waals surface area contributed by atoms with Crippen molar-refractivity contribution in [3.8, 4) is 0 Å². The second kappa shape index (κ2) is 5.94. The first-order chi connectivity index (χ1) is 13.0. The first kappa shape index (κ1) is 16.5. The Hall–Kier alpha value is -2.63. The summed E-state index contributed by atoms with van der Waals surface area (Å²) in [5.74, 6) is -0.121. The molecule has 1 aliphatic carbocycles. The average molecular weight is 376 g/mol. The molecule has 0 fully saturated rings. The summed E-state index contributed by atoms with van der Waals surface area (Å²) in [4.78, 5) is 14.5. The Kier molecular flexibility index (Phi) is 3.64. The normalized spacial score (nSPS) is 15.3. The van der Waals surface area contributed by atoms with E-state index in [1.165, 1.54) is 28.0 Å². The lowest BCUT2D eigenvalue weighted by Crippen LogP contribution is -2.43. The zero-order chi connectivity index (χ0) is 18.6. The summed E-state index contributed by atoms with van der Waals surface area (Å²) >= 11 is 1.50. The van der Waals surface area contributed by atoms with Crippen LogP contribution in [0.4, 0.5) is 0 Å². The molecule has 4 nitrogen and oxygen atoms in total. The highest BCUT2D eigenvalue weighted by Gasteiger charge is 2.35. The number of aliphatic hydroxyl groups is 1. The Balaban J connectivity index is 1.37. The quantitative estimate of drug-likeness (QED) is 0.573. The largest absolute Gasteiger partial charge is 0.387 e. The SMILES string of the molecule is Cn1c2ccccc2c2cc(C(=O)NCC3(O)Cc4ccccc4C3)sc21. The number of nitrogens with zero attached hydrogens (tertiary/aromatic N) is 1. The Bertz CT molecular complexity index is 1160. The number of amides is 1. The van der Waals surface area contributed by atoms with Gasteiger partial charge in [0.05, 0.1) is 10.5 Å². The maximum atomic E-state index is 12.7. The molecule has 0 spiro atoms. The van der Waals surface area contributed by atoms with Gasteiger partial charge in [-0.05, 0) is 23.3 Å². The van der Waals surface area contributed by atoms with Crippen LogP contribution in [-0.2, 0) is 19.9 Å². The summed E-state index contributed by atoms with van der Waals surface area (Å²) in [6.07, 6.45) is 1.17. The molecule has 2 N–H and O–H groups in total. The second-order valence-electron chi connectivity index (χ2n) is 7.43. The third kappa shape index (κ3) is 2.66. The van der Waals surface area contributed by atoms with Crippen molar-refractivity contribution >= 4 is 38.4 Å². The third-order valence-electron chi connectivity index (χ3n) is 5.53. The van der Waals surface area contributed by atoms with Gasteiger partial charge < -0.3 is 15.0 Å². The smallest absolute Gasteiger partial charge is 0.261 e. The number of rotatable bonds is 3. The van der Waals surface area contributed by atoms with Gasteiger partial charge in [-0.2, -0.15) is 0 Å². The van der Waals surface area contributed by atoms with E-state index >= 15 is 0 Å². The molecule has 2 heterocycles. The Morgan fingerprint density at radius 1 is 1.11 bits per heavy atom. The molecular weight excluding hydrogens is 356 g/mol. The van der Waals surface area contributed by atoms with E-state index in [2.05, 4.69) is 22.0 Å². The minimum atomic E-state index is -0.900. The van der Waals surface area contributed by atoms with E-state index < -0.39 is 5.60 Å². The van der Waals surface area contributed by atoms with Crippen LogP contribution < -0.4 is 5.32 Å². The molecule has 27 heavy (non-hydrogen) atoms. The molecule has 5 rings (SSSR count). The fraction of sp³-hybridized carbons (Fsp3) is 0.227. The topological polar surface area (TPSA) is 54.3 Å². The van der Waals surface area contributed by atoms with Crippen LogP contribution in [0.25, 0.3) is 21.1 Å². The van der Waals surface area contributed by atoms with Crippen LogP contribution in [0, 0.1) is 0 Å². The van der Waals surface area contributed by atoms with Gasteiger partial charge in [0.2, 0.25) is 0 Å². The fourth-order valence-corrected chi connectivity index (χ4v) is 5.23. The molecule has 1 aliphatic rings. The van der Waals surface area contributed by atoms with Crippen molar-refractivity contribution in [2.24, 2.45) is 7.05 Å². The summed E-state index contributed by atoms with van der Waals surface area (Å²) in [6, 6.07) is 18.3. The van der Waals surface area contributed by atoms with Gasteiger partial charge in [-0.1, -0.05) is 42.5 Å². The van der Waals surface area contributed by atoms with Crippen molar-refractivity contribution in [1.82, 2.24) is 9.88 Å². The summed E-state index contributed by atoms with van der Waals surface area (Å²) in [5, 5.41) is 16.1. The first-order valence-corrected chi connectivity index (χ1v) is 9.90. The van der Waals surface area contributed by atoms with Crippen molar-refractivity contribution in [2.75, 3.05) is 6.54 Å². The first-order valence-electron chi connectivity index (χ1n) is 9.08. The number of carbonyl (C=O) groups excluding carboxylic acids is 1. The second-order valence-corrected chi connectivity index (χ2v) is 8.47. The van der Waals surface area contributed by atoms with Crippen LogP contribution in [0.15, 0.2) is 54.6 Å². The molecule has 5 heteroatoms. The van der Waals surface area contributed by atoms with Crippen LogP contribution in [0.3, 0.4) is 0 Å². The van der Waals surface area contributed by atoms with Gasteiger partial charge in [-0.15, -0.1) is 11.3 Å². The van der Waals surface area contributed by atoms with E-state index in [-0.39, 0.29) is 12.5 Å². The zero-order valence-corrected chi connectivity index (χ0v) is 15.8. The highest BCUT2D eigenvalue weighted by atomic mass is 32.1. The molecule has 136 valence electrons. The minimum Gasteiger partial charge on any atom is -0.387 e. The van der Waals surface area contributed by atoms with E-state index in [9.17, 15) is 9.90 Å². The molecule has 0 radical (unpaired) electrons. The molecule has 0 bridgehead atoms. The van der Waals surface area contributed by atoms with Crippen LogP contribution in [-0.4, -0.2) is 27.7 Å². The predicted octanol–water partition coefficient (Wildman–Crippen LogP) is 3.65. The molecule has 0 unspecified atom stereocenters. The molecule has 0 aliphatic heterocycles. The Morgan fingerprint density at radius 2 is 1.78 bits per heavy atom. The van der Waals surface area contributed by atoms with Crippen LogP contribution >= 0.6 is 11.3 Å². The highest BCUT2D eigenvalue weighted by Crippen LogP contribution is 2.34. The van der Waals surface area contributed by atoms with Crippen molar-refractivity contribution in [2.45, 2.75) is 18.4 Å². The van der Waals surface area contributed by atoms with Crippen molar-refractivity contribution in [3.05, 3.63) is 70.6 Å². The number of aryl methyl sites for hydroxylation is 1. The number of benzene rings is 2. The van der Waals surface area contributed by atoms with Crippen molar-refractivity contribution < 1.29 is 9.90 Å². The number of thiophene rings is 1. The number of nitrogens with one attached hydrogen (secondary N) is 1. The molecule has 0 saturated carbocycles. The number of aromatic nitrogens is 1. The van der Waals surface area contributed by atoms with Gasteiger partial charge in [-0.3, -0.25) is 4.79 Å². The van der Waals surface area contributed by atoms with Crippen molar-refractivity contribution in [3.63, 3.8) is 0 Å². The van der Waals surface area contributed by atoms with Gasteiger partial charge in [0.1, 0.15) is 4.83 Å². The van der Waals surface area contributed by atoms with Gasteiger partial charge in [-0.25, -0.2) is 0 Å². The van der Waals surface area contributed by atoms with E-state index in [1.54, 1.807) is 0 Å². The van der Waals surface area contributed by atoms with Crippen LogP contribution in [0.5, 0.6) is 0 Å². The molecular formula is C22H20N2O2S. The number of hydrogen-bond acceptors (Lipinski definition) is 3. The molecule has 0 saturated heterocycles. The maximum Gasteiger partial charge on any atom is 0.261 e. The van der Waals surface area contributed by atoms with Crippen LogP contribution in [0.1, 0.15) is 20.8 Å². The van der Waals surface area contributed by atoms with Crippen LogP contribution in [0.2, 0.25) is 0 Å². The lowest BCUT2D eigenvalue weighted by molar-refractivity contribution is 0.0481. The molecule has 2 aromatic heterocycles. The predicted molar refractivity (Wildman–Crippen MR) is 109 cm³/mol. The number of hydrogen-bond donors (Lipinski definition) is 2. The molecule has 4 aromatic rings. The Morgan fingerprint density at radius 3 is 2.52 bits per heavy atom. The van der Waals surface area contributed by atoms with Gasteiger partial charge in [0, 0.05) is 42.7 Å². The fourth-order valence-electron chi connectivity index (χ4n) is 4.17. The maximum absolute atomic E-state index is 12.7. The molecule has 1 amide bonds. The van der Waals surface area contributed by atoms with E-state index in [0.717, 1.165) is 15.6 Å². The summed E-state index contributed by atoms with van der Waals surface area (Å²) in [7, 11) is 2.03. The summed E-state index contributed by atoms with van der Waals surface area (Å²) in [6.45, 7) is 0.259. The van der Waals surface area contributed by atoms with E-state index in [1.807, 2.05) is 49.5 Å². The summed E-state index contributed by atoms with van der Waals surface area (Å²) < 4.78 is 2.13. The van der Waals surface area contributed by atoms with Gasteiger partial charge in [0.15, 0.2) is 0 Å². The molecule has 2 aromatic carbocycles. The van der Waals surface area contributed by atoms with E-state index in [0.29, 0.717) is 17.7 Å². The number of carbonyl (C=O) groups is 1. The lowest BCUT2D eigenvalue weighted by Gasteiger charge is -2.22. The third-order valence-corrected chi connectivity index (χ3v) is 6.74. The average Bonchev–Trinajstić information content (AvgIpc) is 3.32. The lowest BCUT2D eigenvalue weighted by atomic mass is 10.0. The van der Waals surface area contributed by atoms with Gasteiger partial charge in [0.25, 0.3) is 5.91 Å². The van der Waals surface area contributed by atoms with Gasteiger partial charge >= 0.3 is 0 Å².